The van der Waals surface area contributed by atoms with E-state index in [0.29, 0.717) is 11.8 Å². The molecule has 0 aliphatic carbocycles. The van der Waals surface area contributed by atoms with Crippen molar-refractivity contribution < 1.29 is 35.9 Å². The van der Waals surface area contributed by atoms with Gasteiger partial charge in [-0.25, -0.2) is 13.2 Å². The van der Waals surface area contributed by atoms with Crippen molar-refractivity contribution in [3.63, 3.8) is 0 Å². The molecule has 1 aliphatic rings. The maximum atomic E-state index is 13.5. The molecule has 7 nitrogen and oxygen atoms in total. The first-order valence-electron chi connectivity index (χ1n) is 10.2. The van der Waals surface area contributed by atoms with Crippen LogP contribution in [0.15, 0.2) is 47.4 Å². The number of ether oxygens (including phenoxy) is 2. The van der Waals surface area contributed by atoms with Gasteiger partial charge < -0.3 is 9.47 Å². The number of amides is 1. The van der Waals surface area contributed by atoms with Crippen LogP contribution in [0.1, 0.15) is 26.3 Å². The summed E-state index contributed by atoms with van der Waals surface area (Å²) in [6.45, 7) is 4.98. The standard InChI is InChI=1S/C22H25F3N2O5S2/c1-21(2,3)32-20(28)26-15-8-9-19-18(11-15)27(12-16(31-19)13-33-4)34(29,30)17-7-5-6-14(10-17)22(23,24)25/h5-11,16H,12-13H2,1-4H3,(H,26,28)/t16-/m1/s1. The van der Waals surface area contributed by atoms with Gasteiger partial charge in [0.25, 0.3) is 10.0 Å². The fourth-order valence-electron chi connectivity index (χ4n) is 3.27. The molecule has 0 saturated carbocycles. The summed E-state index contributed by atoms with van der Waals surface area (Å²) in [5.41, 5.74) is -1.47. The van der Waals surface area contributed by atoms with Gasteiger partial charge in [-0.2, -0.15) is 24.9 Å². The van der Waals surface area contributed by atoms with Gasteiger partial charge in [-0.15, -0.1) is 0 Å². The Morgan fingerprint density at radius 3 is 2.53 bits per heavy atom. The molecule has 0 radical (unpaired) electrons. The van der Waals surface area contributed by atoms with Crippen molar-refractivity contribution in [2.24, 2.45) is 0 Å². The van der Waals surface area contributed by atoms with Gasteiger partial charge in [0.05, 0.1) is 22.7 Å². The van der Waals surface area contributed by atoms with Gasteiger partial charge in [0.2, 0.25) is 0 Å². The topological polar surface area (TPSA) is 84.9 Å². The van der Waals surface area contributed by atoms with Crippen molar-refractivity contribution >= 4 is 39.3 Å². The number of carbonyl (C=O) groups is 1. The van der Waals surface area contributed by atoms with E-state index in [9.17, 15) is 26.4 Å². The van der Waals surface area contributed by atoms with E-state index in [1.165, 1.54) is 30.0 Å². The smallest absolute Gasteiger partial charge is 0.416 e. The van der Waals surface area contributed by atoms with Crippen molar-refractivity contribution in [1.29, 1.82) is 0 Å². The summed E-state index contributed by atoms with van der Waals surface area (Å²) in [5, 5.41) is 2.53. The molecule has 0 fully saturated rings. The molecule has 0 unspecified atom stereocenters. The van der Waals surface area contributed by atoms with E-state index < -0.39 is 44.5 Å². The Hall–Kier alpha value is -2.60. The number of hydrogen-bond donors (Lipinski definition) is 1. The second-order valence-corrected chi connectivity index (χ2v) is 11.3. The van der Waals surface area contributed by atoms with Gasteiger partial charge in [-0.1, -0.05) is 6.07 Å². The molecular weight excluding hydrogens is 493 g/mol. The van der Waals surface area contributed by atoms with Gasteiger partial charge in [-0.05, 0) is 63.4 Å². The molecule has 1 heterocycles. The Labute approximate surface area is 200 Å². The minimum atomic E-state index is -4.69. The van der Waals surface area contributed by atoms with Crippen LogP contribution in [0.4, 0.5) is 29.3 Å². The van der Waals surface area contributed by atoms with Crippen LogP contribution in [0.2, 0.25) is 0 Å². The third-order valence-electron chi connectivity index (χ3n) is 4.64. The summed E-state index contributed by atoms with van der Waals surface area (Å²) < 4.78 is 78.7. The van der Waals surface area contributed by atoms with Crippen LogP contribution < -0.4 is 14.4 Å². The molecule has 0 saturated heterocycles. The van der Waals surface area contributed by atoms with Gasteiger partial charge in [-0.3, -0.25) is 9.62 Å². The number of hydrogen-bond acceptors (Lipinski definition) is 6. The Morgan fingerprint density at radius 1 is 1.21 bits per heavy atom. The molecule has 186 valence electrons. The molecule has 2 aromatic carbocycles. The minimum Gasteiger partial charge on any atom is -0.485 e. The fraction of sp³-hybridized carbons (Fsp3) is 0.409. The molecule has 3 rings (SSSR count). The maximum Gasteiger partial charge on any atom is 0.416 e. The molecular formula is C22H25F3N2O5S2. The predicted molar refractivity (Wildman–Crippen MR) is 125 cm³/mol. The molecule has 1 aliphatic heterocycles. The quantitative estimate of drug-likeness (QED) is 0.573. The summed E-state index contributed by atoms with van der Waals surface area (Å²) in [5.74, 6) is 0.696. The summed E-state index contributed by atoms with van der Waals surface area (Å²) in [7, 11) is -4.38. The Bertz CT molecular complexity index is 1160. The second-order valence-electron chi connectivity index (χ2n) is 8.57. The number of benzene rings is 2. The first kappa shape index (κ1) is 26.0. The monoisotopic (exact) mass is 518 g/mol. The SMILES string of the molecule is CSC[C@H]1CN(S(=O)(=O)c2cccc(C(F)(F)F)c2)c2cc(NC(=O)OC(C)(C)C)ccc2O1. The average Bonchev–Trinajstić information content (AvgIpc) is 2.71. The van der Waals surface area contributed by atoms with Gasteiger partial charge in [0, 0.05) is 11.4 Å². The van der Waals surface area contributed by atoms with E-state index in [4.69, 9.17) is 9.47 Å². The first-order chi connectivity index (χ1) is 15.7. The average molecular weight is 519 g/mol. The summed E-state index contributed by atoms with van der Waals surface area (Å²) in [6.07, 6.45) is -4.12. The van der Waals surface area contributed by atoms with Gasteiger partial charge in [0.1, 0.15) is 17.5 Å². The van der Waals surface area contributed by atoms with E-state index in [0.717, 1.165) is 22.5 Å². The number of nitrogens with zero attached hydrogens (tertiary/aromatic N) is 1. The van der Waals surface area contributed by atoms with Gasteiger partial charge >= 0.3 is 12.3 Å². The number of sulfonamides is 1. The Morgan fingerprint density at radius 2 is 1.91 bits per heavy atom. The van der Waals surface area contributed by atoms with E-state index in [1.807, 2.05) is 6.26 Å². The zero-order valence-electron chi connectivity index (χ0n) is 19.0. The number of anilines is 2. The number of rotatable bonds is 5. The Balaban J connectivity index is 2.02. The van der Waals surface area contributed by atoms with Crippen LogP contribution in [0.5, 0.6) is 5.75 Å². The molecule has 2 aromatic rings. The van der Waals surface area contributed by atoms with Crippen molar-refractivity contribution in [2.75, 3.05) is 28.2 Å². The van der Waals surface area contributed by atoms with E-state index in [2.05, 4.69) is 5.32 Å². The molecule has 0 aromatic heterocycles. The lowest BCUT2D eigenvalue weighted by molar-refractivity contribution is -0.137. The molecule has 12 heteroatoms. The van der Waals surface area contributed by atoms with Crippen molar-refractivity contribution in [1.82, 2.24) is 0 Å². The molecule has 1 N–H and O–H groups in total. The number of alkyl halides is 3. The van der Waals surface area contributed by atoms with Crippen molar-refractivity contribution in [3.8, 4) is 5.75 Å². The highest BCUT2D eigenvalue weighted by Gasteiger charge is 2.37. The van der Waals surface area contributed by atoms with Gasteiger partial charge in [0.15, 0.2) is 0 Å². The molecule has 0 spiro atoms. The highest BCUT2D eigenvalue weighted by atomic mass is 32.2. The van der Waals surface area contributed by atoms with E-state index >= 15 is 0 Å². The minimum absolute atomic E-state index is 0.100. The van der Waals surface area contributed by atoms with Crippen LogP contribution in [-0.2, 0) is 20.9 Å². The predicted octanol–water partition coefficient (Wildman–Crippen LogP) is 5.37. The largest absolute Gasteiger partial charge is 0.485 e. The number of fused-ring (bicyclic) bond motifs is 1. The molecule has 1 atom stereocenters. The van der Waals surface area contributed by atoms with Crippen LogP contribution in [0.3, 0.4) is 0 Å². The number of carbonyl (C=O) groups excluding carboxylic acids is 1. The summed E-state index contributed by atoms with van der Waals surface area (Å²) in [6, 6.07) is 8.01. The maximum absolute atomic E-state index is 13.5. The number of thioether (sulfide) groups is 1. The van der Waals surface area contributed by atoms with Crippen molar-refractivity contribution in [2.45, 2.75) is 43.5 Å². The summed E-state index contributed by atoms with van der Waals surface area (Å²) in [4.78, 5) is 11.7. The first-order valence-corrected chi connectivity index (χ1v) is 13.0. The normalized spacial score (nSPS) is 16.4. The second kappa shape index (κ2) is 9.57. The fourth-order valence-corrected chi connectivity index (χ4v) is 5.36. The lowest BCUT2D eigenvalue weighted by Gasteiger charge is -2.35. The summed E-state index contributed by atoms with van der Waals surface area (Å²) >= 11 is 1.45. The lowest BCUT2D eigenvalue weighted by Crippen LogP contribution is -2.44. The van der Waals surface area contributed by atoms with Crippen LogP contribution >= 0.6 is 11.8 Å². The number of halogens is 3. The Kier molecular flexibility index (Phi) is 7.32. The van der Waals surface area contributed by atoms with Crippen LogP contribution in [-0.4, -0.2) is 44.8 Å². The highest BCUT2D eigenvalue weighted by Crippen LogP contribution is 2.40. The van der Waals surface area contributed by atoms with E-state index in [-0.39, 0.29) is 23.7 Å². The number of nitrogens with one attached hydrogen (secondary N) is 1. The molecule has 34 heavy (non-hydrogen) atoms. The molecule has 0 bridgehead atoms. The zero-order chi connectivity index (χ0) is 25.3. The molecule has 1 amide bonds. The van der Waals surface area contributed by atoms with Crippen molar-refractivity contribution in [3.05, 3.63) is 48.0 Å². The zero-order valence-corrected chi connectivity index (χ0v) is 20.6. The lowest BCUT2D eigenvalue weighted by atomic mass is 10.2. The van der Waals surface area contributed by atoms with E-state index in [1.54, 1.807) is 20.8 Å². The van der Waals surface area contributed by atoms with Crippen LogP contribution in [0.25, 0.3) is 0 Å². The van der Waals surface area contributed by atoms with Crippen LogP contribution in [0, 0.1) is 0 Å². The third-order valence-corrected chi connectivity index (χ3v) is 7.12. The highest BCUT2D eigenvalue weighted by molar-refractivity contribution is 7.98. The third kappa shape index (κ3) is 6.09.